The van der Waals surface area contributed by atoms with Gasteiger partial charge < -0.3 is 10.6 Å². The molecule has 8 nitrogen and oxygen atoms in total. The van der Waals surface area contributed by atoms with Gasteiger partial charge in [-0.1, -0.05) is 0 Å². The second-order valence-electron chi connectivity index (χ2n) is 8.17. The number of aromatic nitrogens is 3. The van der Waals surface area contributed by atoms with E-state index in [0.717, 1.165) is 25.2 Å². The van der Waals surface area contributed by atoms with Crippen molar-refractivity contribution in [2.45, 2.75) is 25.3 Å². The Balaban J connectivity index is 1.25. The van der Waals surface area contributed by atoms with Crippen molar-refractivity contribution >= 4 is 23.9 Å². The zero-order valence-corrected chi connectivity index (χ0v) is 16.2. The van der Waals surface area contributed by atoms with Crippen LogP contribution in [0.1, 0.15) is 30.9 Å². The summed E-state index contributed by atoms with van der Waals surface area (Å²) >= 11 is 0. The van der Waals surface area contributed by atoms with Crippen molar-refractivity contribution in [1.29, 1.82) is 0 Å². The van der Waals surface area contributed by atoms with Crippen molar-refractivity contribution < 1.29 is 13.6 Å². The Hall–Kier alpha value is -3.17. The number of nitrogens with zero attached hydrogens (tertiary/aromatic N) is 6. The Bertz CT molecular complexity index is 1000. The number of carbonyl (C=O) groups is 1. The lowest BCUT2D eigenvalue weighted by Crippen LogP contribution is -2.33. The Morgan fingerprint density at radius 1 is 1.13 bits per heavy atom. The van der Waals surface area contributed by atoms with Crippen molar-refractivity contribution in [3.05, 3.63) is 41.9 Å². The molecule has 2 aromatic rings. The number of fused-ring (bicyclic) bond motifs is 1. The van der Waals surface area contributed by atoms with Gasteiger partial charge in [0.2, 0.25) is 11.9 Å². The lowest BCUT2D eigenvalue weighted by Gasteiger charge is -2.25. The molecule has 4 heterocycles. The maximum absolute atomic E-state index is 13.6. The average molecular weight is 413 g/mol. The smallest absolute Gasteiger partial charge is 0.246 e. The van der Waals surface area contributed by atoms with E-state index in [9.17, 15) is 13.6 Å². The van der Waals surface area contributed by atoms with E-state index in [1.54, 1.807) is 12.4 Å². The summed E-state index contributed by atoms with van der Waals surface area (Å²) in [5.74, 6) is -0.279. The summed E-state index contributed by atoms with van der Waals surface area (Å²) < 4.78 is 26.9. The molecule has 1 aliphatic carbocycles. The summed E-state index contributed by atoms with van der Waals surface area (Å²) in [5, 5.41) is 5.76. The van der Waals surface area contributed by atoms with E-state index >= 15 is 0 Å². The molecule has 3 unspecified atom stereocenters. The highest BCUT2D eigenvalue weighted by atomic mass is 19.1. The fourth-order valence-corrected chi connectivity index (χ4v) is 4.89. The van der Waals surface area contributed by atoms with Crippen molar-refractivity contribution in [3.8, 4) is 0 Å². The number of carbonyl (C=O) groups excluding carboxylic acids is 1. The predicted molar refractivity (Wildman–Crippen MR) is 105 cm³/mol. The molecule has 2 aromatic heterocycles. The number of nitrogens with two attached hydrogens (primary N) is 1. The second-order valence-corrected chi connectivity index (χ2v) is 8.17. The predicted octanol–water partition coefficient (Wildman–Crippen LogP) is 2.15. The minimum atomic E-state index is -0.627. The van der Waals surface area contributed by atoms with E-state index in [-0.39, 0.29) is 23.7 Å². The molecule has 3 aliphatic rings. The standard InChI is InChI=1S/C20H21F2N7O/c21-15-5-12(6-24-7-15)17-1-2-26-29(17)19(30)11-3-13-9-28(10-14(13)4-11)20-25-8-16(22)18(23)27-20/h2,5-8,11,13-14,17H,1,3-4,9-10H2,(H2,23,25,27). The van der Waals surface area contributed by atoms with Crippen molar-refractivity contribution in [2.75, 3.05) is 23.7 Å². The Kier molecular flexibility index (Phi) is 4.56. The van der Waals surface area contributed by atoms with Gasteiger partial charge in [0.15, 0.2) is 11.6 Å². The lowest BCUT2D eigenvalue weighted by atomic mass is 10.0. The van der Waals surface area contributed by atoms with Gasteiger partial charge in [-0.2, -0.15) is 10.1 Å². The number of hydrogen-bond acceptors (Lipinski definition) is 7. The van der Waals surface area contributed by atoms with Gasteiger partial charge in [0.1, 0.15) is 5.82 Å². The molecule has 0 bridgehead atoms. The number of hydrazone groups is 1. The van der Waals surface area contributed by atoms with Gasteiger partial charge in [0, 0.05) is 37.8 Å². The van der Waals surface area contributed by atoms with Gasteiger partial charge in [0.25, 0.3) is 0 Å². The molecule has 30 heavy (non-hydrogen) atoms. The zero-order valence-electron chi connectivity index (χ0n) is 16.2. The first kappa shape index (κ1) is 18.8. The third-order valence-corrected chi connectivity index (χ3v) is 6.31. The SMILES string of the molecule is Nc1nc(N2CC3CC(C(=O)N4N=CCC4c4cncc(F)c4)CC3C2)ncc1F. The highest BCUT2D eigenvalue weighted by molar-refractivity contribution is 5.82. The summed E-state index contributed by atoms with van der Waals surface area (Å²) in [7, 11) is 0. The fourth-order valence-electron chi connectivity index (χ4n) is 4.89. The van der Waals surface area contributed by atoms with Gasteiger partial charge in [-0.3, -0.25) is 9.78 Å². The molecule has 10 heteroatoms. The zero-order chi connectivity index (χ0) is 20.8. The maximum Gasteiger partial charge on any atom is 0.246 e. The quantitative estimate of drug-likeness (QED) is 0.828. The normalized spacial score (nSPS) is 27.7. The molecule has 5 rings (SSSR count). The molecule has 1 amide bonds. The van der Waals surface area contributed by atoms with Crippen LogP contribution in [-0.2, 0) is 4.79 Å². The molecule has 0 spiro atoms. The third-order valence-electron chi connectivity index (χ3n) is 6.31. The number of rotatable bonds is 3. The topological polar surface area (TPSA) is 101 Å². The first-order chi connectivity index (χ1) is 14.5. The summed E-state index contributed by atoms with van der Waals surface area (Å²) in [5.41, 5.74) is 6.21. The number of hydrogen-bond donors (Lipinski definition) is 1. The molecule has 1 saturated carbocycles. The van der Waals surface area contributed by atoms with Crippen LogP contribution in [0.4, 0.5) is 20.5 Å². The molecule has 1 saturated heterocycles. The van der Waals surface area contributed by atoms with Crippen LogP contribution in [0.25, 0.3) is 0 Å². The number of nitrogen functional groups attached to an aromatic ring is 1. The first-order valence-corrected chi connectivity index (χ1v) is 9.98. The molecule has 156 valence electrons. The Morgan fingerprint density at radius 3 is 2.60 bits per heavy atom. The van der Waals surface area contributed by atoms with Crippen molar-refractivity contribution in [2.24, 2.45) is 22.9 Å². The van der Waals surface area contributed by atoms with Gasteiger partial charge in [-0.15, -0.1) is 0 Å². The number of amides is 1. The van der Waals surface area contributed by atoms with Crippen LogP contribution in [0.3, 0.4) is 0 Å². The summed E-state index contributed by atoms with van der Waals surface area (Å²) in [6.07, 6.45) is 7.56. The molecule has 0 radical (unpaired) electrons. The van der Waals surface area contributed by atoms with Crippen molar-refractivity contribution in [3.63, 3.8) is 0 Å². The van der Waals surface area contributed by atoms with E-state index < -0.39 is 11.6 Å². The average Bonchev–Trinajstić information content (AvgIpc) is 3.44. The number of pyridine rings is 1. The van der Waals surface area contributed by atoms with Crippen molar-refractivity contribution in [1.82, 2.24) is 20.0 Å². The third kappa shape index (κ3) is 3.25. The highest BCUT2D eigenvalue weighted by Crippen LogP contribution is 2.44. The van der Waals surface area contributed by atoms with Gasteiger partial charge in [0.05, 0.1) is 18.4 Å². The van der Waals surface area contributed by atoms with E-state index in [0.29, 0.717) is 42.9 Å². The Labute approximate surface area is 171 Å². The van der Waals surface area contributed by atoms with Gasteiger partial charge >= 0.3 is 0 Å². The summed E-state index contributed by atoms with van der Waals surface area (Å²) in [6, 6.07) is 1.09. The van der Waals surface area contributed by atoms with Crippen LogP contribution < -0.4 is 10.6 Å². The molecule has 2 N–H and O–H groups in total. The molecule has 0 aromatic carbocycles. The minimum Gasteiger partial charge on any atom is -0.381 e. The van der Waals surface area contributed by atoms with E-state index in [1.807, 2.05) is 4.90 Å². The molecular weight excluding hydrogens is 392 g/mol. The van der Waals surface area contributed by atoms with E-state index in [2.05, 4.69) is 20.1 Å². The van der Waals surface area contributed by atoms with Crippen LogP contribution in [0.5, 0.6) is 0 Å². The van der Waals surface area contributed by atoms with Crippen LogP contribution in [-0.4, -0.2) is 45.2 Å². The fraction of sp³-hybridized carbons (Fsp3) is 0.450. The molecular formula is C20H21F2N7O. The maximum atomic E-state index is 13.6. The summed E-state index contributed by atoms with van der Waals surface area (Å²) in [4.78, 5) is 27.2. The van der Waals surface area contributed by atoms with Crippen LogP contribution in [0, 0.1) is 29.4 Å². The van der Waals surface area contributed by atoms with Crippen LogP contribution in [0.15, 0.2) is 29.8 Å². The number of halogens is 2. The molecule has 2 fully saturated rings. The largest absolute Gasteiger partial charge is 0.381 e. The highest BCUT2D eigenvalue weighted by Gasteiger charge is 2.46. The number of anilines is 2. The Morgan fingerprint density at radius 2 is 1.90 bits per heavy atom. The second kappa shape index (κ2) is 7.26. The van der Waals surface area contributed by atoms with Gasteiger partial charge in [-0.25, -0.2) is 18.8 Å². The summed E-state index contributed by atoms with van der Waals surface area (Å²) in [6.45, 7) is 1.42. The lowest BCUT2D eigenvalue weighted by molar-refractivity contribution is -0.137. The minimum absolute atomic E-state index is 0.0266. The first-order valence-electron chi connectivity index (χ1n) is 9.98. The van der Waals surface area contributed by atoms with E-state index in [4.69, 9.17) is 5.73 Å². The molecule has 3 atom stereocenters. The van der Waals surface area contributed by atoms with Gasteiger partial charge in [-0.05, 0) is 36.3 Å². The van der Waals surface area contributed by atoms with E-state index in [1.165, 1.54) is 11.1 Å². The van der Waals surface area contributed by atoms with Crippen LogP contribution in [0.2, 0.25) is 0 Å². The molecule has 2 aliphatic heterocycles. The van der Waals surface area contributed by atoms with Crippen LogP contribution >= 0.6 is 0 Å². The monoisotopic (exact) mass is 413 g/mol.